The van der Waals surface area contributed by atoms with Crippen molar-refractivity contribution >= 4 is 23.6 Å². The molecule has 2 fully saturated rings. The van der Waals surface area contributed by atoms with Crippen LogP contribution in [0.2, 0.25) is 0 Å². The molecular formula is C17H24N6O3. The minimum atomic E-state index is -0.344. The van der Waals surface area contributed by atoms with E-state index in [-0.39, 0.29) is 24.2 Å². The zero-order valence-corrected chi connectivity index (χ0v) is 14.8. The Bertz CT molecular complexity index is 683. The molecule has 0 unspecified atom stereocenters. The lowest BCUT2D eigenvalue weighted by Gasteiger charge is -2.37. The highest BCUT2D eigenvalue weighted by atomic mass is 16.3. The van der Waals surface area contributed by atoms with Crippen LogP contribution in [-0.2, 0) is 4.79 Å². The van der Waals surface area contributed by atoms with Crippen LogP contribution < -0.4 is 15.5 Å². The summed E-state index contributed by atoms with van der Waals surface area (Å²) in [4.78, 5) is 32.9. The topological polar surface area (TPSA) is 101 Å². The number of anilines is 1. The molecule has 0 bridgehead atoms. The van der Waals surface area contributed by atoms with Crippen LogP contribution in [0.5, 0.6) is 5.75 Å². The van der Waals surface area contributed by atoms with Crippen LogP contribution in [-0.4, -0.2) is 85.7 Å². The van der Waals surface area contributed by atoms with E-state index in [0.717, 1.165) is 37.8 Å². The summed E-state index contributed by atoms with van der Waals surface area (Å²) >= 11 is 0. The van der Waals surface area contributed by atoms with Crippen molar-refractivity contribution in [1.29, 1.82) is 0 Å². The van der Waals surface area contributed by atoms with E-state index in [1.165, 1.54) is 4.90 Å². The number of imide groups is 1. The van der Waals surface area contributed by atoms with Gasteiger partial charge in [-0.15, -0.1) is 0 Å². The third-order valence-electron chi connectivity index (χ3n) is 4.57. The van der Waals surface area contributed by atoms with Crippen molar-refractivity contribution in [3.63, 3.8) is 0 Å². The van der Waals surface area contributed by atoms with Gasteiger partial charge in [-0.25, -0.2) is 4.79 Å². The fourth-order valence-electron chi connectivity index (χ4n) is 3.18. The Labute approximate surface area is 152 Å². The maximum absolute atomic E-state index is 11.6. The van der Waals surface area contributed by atoms with Gasteiger partial charge in [0, 0.05) is 46.3 Å². The Morgan fingerprint density at radius 3 is 2.58 bits per heavy atom. The summed E-state index contributed by atoms with van der Waals surface area (Å²) in [6, 6.07) is 6.99. The van der Waals surface area contributed by atoms with Crippen LogP contribution in [0, 0.1) is 0 Å². The van der Waals surface area contributed by atoms with Gasteiger partial charge in [-0.3, -0.25) is 14.7 Å². The Morgan fingerprint density at radius 1 is 1.23 bits per heavy atom. The number of nitrogens with one attached hydrogen (secondary N) is 2. The lowest BCUT2D eigenvalue weighted by molar-refractivity contribution is -0.124. The van der Waals surface area contributed by atoms with Gasteiger partial charge in [0.1, 0.15) is 5.75 Å². The van der Waals surface area contributed by atoms with Gasteiger partial charge in [0.25, 0.3) is 0 Å². The Morgan fingerprint density at radius 2 is 1.96 bits per heavy atom. The SMILES string of the molecule is CN=C(NCCN1C(=O)CNC1=O)N1CCN(c2ccccc2O)CC1. The molecule has 2 saturated heterocycles. The molecule has 0 radical (unpaired) electrons. The van der Waals surface area contributed by atoms with Crippen LogP contribution in [0.3, 0.4) is 0 Å². The molecule has 2 aliphatic heterocycles. The molecule has 0 atom stereocenters. The van der Waals surface area contributed by atoms with E-state index in [9.17, 15) is 14.7 Å². The number of phenols is 1. The predicted octanol–water partition coefficient (Wildman–Crippen LogP) is -0.359. The van der Waals surface area contributed by atoms with Crippen LogP contribution in [0.15, 0.2) is 29.3 Å². The number of guanidine groups is 1. The highest BCUT2D eigenvalue weighted by Gasteiger charge is 2.28. The summed E-state index contributed by atoms with van der Waals surface area (Å²) in [5.41, 5.74) is 0.841. The average molecular weight is 360 g/mol. The zero-order chi connectivity index (χ0) is 18.5. The van der Waals surface area contributed by atoms with E-state index in [0.29, 0.717) is 13.1 Å². The van der Waals surface area contributed by atoms with Gasteiger partial charge in [0.05, 0.1) is 12.2 Å². The zero-order valence-electron chi connectivity index (χ0n) is 14.8. The monoisotopic (exact) mass is 360 g/mol. The number of para-hydroxylation sites is 2. The number of carbonyl (C=O) groups is 2. The molecule has 0 aromatic heterocycles. The molecule has 3 amide bonds. The summed E-state index contributed by atoms with van der Waals surface area (Å²) in [7, 11) is 1.71. The normalized spacial score (nSPS) is 18.3. The molecule has 2 heterocycles. The Kier molecular flexibility index (Phi) is 5.45. The first-order chi connectivity index (χ1) is 12.6. The number of piperazine rings is 1. The number of aromatic hydroxyl groups is 1. The minimum absolute atomic E-state index is 0.0713. The fraction of sp³-hybridized carbons (Fsp3) is 0.471. The molecule has 9 nitrogen and oxygen atoms in total. The molecule has 1 aromatic carbocycles. The van der Waals surface area contributed by atoms with E-state index in [1.807, 2.05) is 18.2 Å². The molecule has 0 spiro atoms. The number of amides is 3. The van der Waals surface area contributed by atoms with E-state index in [1.54, 1.807) is 13.1 Å². The smallest absolute Gasteiger partial charge is 0.324 e. The summed E-state index contributed by atoms with van der Waals surface area (Å²) in [6.07, 6.45) is 0. The third-order valence-corrected chi connectivity index (χ3v) is 4.57. The number of aliphatic imine (C=N–C) groups is 1. The second-order valence-corrected chi connectivity index (χ2v) is 6.14. The van der Waals surface area contributed by atoms with Crippen molar-refractivity contribution in [3.8, 4) is 5.75 Å². The van der Waals surface area contributed by atoms with E-state index in [4.69, 9.17) is 0 Å². The number of nitrogens with zero attached hydrogens (tertiary/aromatic N) is 4. The predicted molar refractivity (Wildman–Crippen MR) is 98.4 cm³/mol. The molecular weight excluding hydrogens is 336 g/mol. The van der Waals surface area contributed by atoms with E-state index < -0.39 is 0 Å². The van der Waals surface area contributed by atoms with Crippen LogP contribution in [0.1, 0.15) is 0 Å². The van der Waals surface area contributed by atoms with Crippen molar-refractivity contribution in [2.75, 3.05) is 57.8 Å². The van der Waals surface area contributed by atoms with Crippen LogP contribution in [0.25, 0.3) is 0 Å². The Hall–Kier alpha value is -2.97. The molecule has 26 heavy (non-hydrogen) atoms. The van der Waals surface area contributed by atoms with Gasteiger partial charge in [0.2, 0.25) is 5.91 Å². The average Bonchev–Trinajstić information content (AvgIpc) is 2.98. The highest BCUT2D eigenvalue weighted by molar-refractivity contribution is 6.01. The largest absolute Gasteiger partial charge is 0.506 e. The number of phenolic OH excluding ortho intramolecular Hbond substituents is 1. The standard InChI is InChI=1S/C17H24N6O3/c1-18-16(19-6-7-23-15(25)12-20-17(23)26)22-10-8-21(9-11-22)13-4-2-3-5-14(13)24/h2-5,24H,6-12H2,1H3,(H,18,19)(H,20,26). The quantitative estimate of drug-likeness (QED) is 0.385. The van der Waals surface area contributed by atoms with Gasteiger partial charge < -0.3 is 25.5 Å². The molecule has 0 aliphatic carbocycles. The first-order valence-corrected chi connectivity index (χ1v) is 8.67. The summed E-state index contributed by atoms with van der Waals surface area (Å²) < 4.78 is 0. The van der Waals surface area contributed by atoms with Crippen LogP contribution in [0.4, 0.5) is 10.5 Å². The number of rotatable bonds is 4. The van der Waals surface area contributed by atoms with Gasteiger partial charge in [-0.2, -0.15) is 0 Å². The van der Waals surface area contributed by atoms with Crippen LogP contribution >= 0.6 is 0 Å². The molecule has 0 saturated carbocycles. The maximum Gasteiger partial charge on any atom is 0.324 e. The lowest BCUT2D eigenvalue weighted by Crippen LogP contribution is -2.53. The third kappa shape index (κ3) is 3.81. The van der Waals surface area contributed by atoms with Gasteiger partial charge >= 0.3 is 6.03 Å². The van der Waals surface area contributed by atoms with Gasteiger partial charge in [-0.05, 0) is 12.1 Å². The fourth-order valence-corrected chi connectivity index (χ4v) is 3.18. The second kappa shape index (κ2) is 7.94. The van der Waals surface area contributed by atoms with E-state index in [2.05, 4.69) is 25.4 Å². The first-order valence-electron chi connectivity index (χ1n) is 8.67. The minimum Gasteiger partial charge on any atom is -0.506 e. The van der Waals surface area contributed by atoms with E-state index >= 15 is 0 Å². The summed E-state index contributed by atoms with van der Waals surface area (Å²) in [5, 5.41) is 15.7. The van der Waals surface area contributed by atoms with Crippen molar-refractivity contribution in [2.45, 2.75) is 0 Å². The number of urea groups is 1. The molecule has 9 heteroatoms. The lowest BCUT2D eigenvalue weighted by atomic mass is 10.2. The van der Waals surface area contributed by atoms with Crippen molar-refractivity contribution in [1.82, 2.24) is 20.4 Å². The molecule has 3 N–H and O–H groups in total. The van der Waals surface area contributed by atoms with Gasteiger partial charge in [-0.1, -0.05) is 12.1 Å². The molecule has 1 aromatic rings. The highest BCUT2D eigenvalue weighted by Crippen LogP contribution is 2.27. The van der Waals surface area contributed by atoms with Crippen molar-refractivity contribution in [3.05, 3.63) is 24.3 Å². The number of hydrogen-bond donors (Lipinski definition) is 3. The number of carbonyl (C=O) groups excluding carboxylic acids is 2. The molecule has 3 rings (SSSR count). The maximum atomic E-state index is 11.6. The van der Waals surface area contributed by atoms with Gasteiger partial charge in [0.15, 0.2) is 5.96 Å². The Balaban J connectivity index is 1.49. The first kappa shape index (κ1) is 17.8. The second-order valence-electron chi connectivity index (χ2n) is 6.14. The van der Waals surface area contributed by atoms with Crippen molar-refractivity contribution < 1.29 is 14.7 Å². The summed E-state index contributed by atoms with van der Waals surface area (Å²) in [5.74, 6) is 0.828. The number of hydrogen-bond acceptors (Lipinski definition) is 5. The number of benzene rings is 1. The summed E-state index contributed by atoms with van der Waals surface area (Å²) in [6.45, 7) is 3.89. The van der Waals surface area contributed by atoms with Crippen molar-refractivity contribution in [2.24, 2.45) is 4.99 Å². The molecule has 140 valence electrons. The molecule has 2 aliphatic rings.